The van der Waals surface area contributed by atoms with Gasteiger partial charge in [-0.15, -0.1) is 0 Å². The number of benzene rings is 1. The normalized spacial score (nSPS) is 22.0. The molecule has 0 saturated carbocycles. The van der Waals surface area contributed by atoms with E-state index >= 15 is 0 Å². The van der Waals surface area contributed by atoms with Gasteiger partial charge in [-0.25, -0.2) is 4.79 Å². The zero-order valence-corrected chi connectivity index (χ0v) is 11.4. The molecule has 1 amide bonds. The number of ether oxygens (including phenoxy) is 1. The maximum Gasteiger partial charge on any atom is 0.410 e. The van der Waals surface area contributed by atoms with Gasteiger partial charge in [-0.3, -0.25) is 0 Å². The van der Waals surface area contributed by atoms with Crippen LogP contribution >= 0.6 is 0 Å². The van der Waals surface area contributed by atoms with Crippen molar-refractivity contribution in [2.75, 3.05) is 26.3 Å². The quantitative estimate of drug-likeness (QED) is 0.851. The first-order chi connectivity index (χ1) is 9.74. The number of hydrogen-bond donors (Lipinski definition) is 2. The molecule has 0 aliphatic carbocycles. The predicted molar refractivity (Wildman–Crippen MR) is 74.0 cm³/mol. The van der Waals surface area contributed by atoms with Crippen LogP contribution in [-0.4, -0.2) is 47.5 Å². The maximum absolute atomic E-state index is 12.0. The Bertz CT molecular complexity index is 423. The Morgan fingerprint density at radius 3 is 2.55 bits per heavy atom. The van der Waals surface area contributed by atoms with E-state index in [0.717, 1.165) is 5.56 Å². The van der Waals surface area contributed by atoms with Crippen molar-refractivity contribution in [2.24, 2.45) is 11.8 Å². The number of carbonyl (C=O) groups is 1. The summed E-state index contributed by atoms with van der Waals surface area (Å²) < 4.78 is 5.27. The predicted octanol–water partition coefficient (Wildman–Crippen LogP) is 1.25. The van der Waals surface area contributed by atoms with Crippen molar-refractivity contribution in [1.29, 1.82) is 0 Å². The fourth-order valence-corrected chi connectivity index (χ4v) is 2.60. The van der Waals surface area contributed by atoms with E-state index in [1.807, 2.05) is 30.3 Å². The third kappa shape index (κ3) is 3.71. The number of aliphatic hydroxyl groups excluding tert-OH is 2. The molecular formula is C15H21NO4. The number of rotatable bonds is 5. The number of carbonyl (C=O) groups excluding carboxylic acids is 1. The van der Waals surface area contributed by atoms with Gasteiger partial charge in [-0.1, -0.05) is 30.3 Å². The second-order valence-corrected chi connectivity index (χ2v) is 5.16. The van der Waals surface area contributed by atoms with E-state index in [1.165, 1.54) is 0 Å². The van der Waals surface area contributed by atoms with Gasteiger partial charge in [-0.05, 0) is 17.9 Å². The van der Waals surface area contributed by atoms with Gasteiger partial charge >= 0.3 is 6.09 Å². The third-order valence-corrected chi connectivity index (χ3v) is 3.77. The molecule has 1 heterocycles. The molecule has 5 heteroatoms. The number of aliphatic hydroxyl groups is 2. The molecule has 0 aromatic heterocycles. The first kappa shape index (κ1) is 14.8. The van der Waals surface area contributed by atoms with Crippen LogP contribution in [0.25, 0.3) is 0 Å². The summed E-state index contributed by atoms with van der Waals surface area (Å²) >= 11 is 0. The molecule has 5 nitrogen and oxygen atoms in total. The van der Waals surface area contributed by atoms with Crippen LogP contribution in [0.1, 0.15) is 12.0 Å². The highest BCUT2D eigenvalue weighted by molar-refractivity contribution is 5.68. The Kier molecular flexibility index (Phi) is 5.38. The summed E-state index contributed by atoms with van der Waals surface area (Å²) in [5.41, 5.74) is 0.950. The standard InChI is InChI=1S/C15H21NO4/c17-7-6-13-8-16(9-14(13)10-18)15(19)20-11-12-4-2-1-3-5-12/h1-5,13-14,17-18H,6-11H2. The third-order valence-electron chi connectivity index (χ3n) is 3.77. The second kappa shape index (κ2) is 7.26. The van der Waals surface area contributed by atoms with Crippen LogP contribution in [-0.2, 0) is 11.3 Å². The summed E-state index contributed by atoms with van der Waals surface area (Å²) in [7, 11) is 0. The molecule has 0 spiro atoms. The lowest BCUT2D eigenvalue weighted by Gasteiger charge is -2.16. The largest absolute Gasteiger partial charge is 0.445 e. The van der Waals surface area contributed by atoms with Gasteiger partial charge < -0.3 is 19.8 Å². The van der Waals surface area contributed by atoms with Gasteiger partial charge in [-0.2, -0.15) is 0 Å². The van der Waals surface area contributed by atoms with Gasteiger partial charge in [0.1, 0.15) is 6.61 Å². The summed E-state index contributed by atoms with van der Waals surface area (Å²) in [6, 6.07) is 9.53. The Morgan fingerprint density at radius 2 is 1.90 bits per heavy atom. The van der Waals surface area contributed by atoms with Gasteiger partial charge in [0.2, 0.25) is 0 Å². The first-order valence-electron chi connectivity index (χ1n) is 6.92. The average Bonchev–Trinajstić information content (AvgIpc) is 2.89. The summed E-state index contributed by atoms with van der Waals surface area (Å²) in [5, 5.41) is 18.3. The van der Waals surface area contributed by atoms with Crippen LogP contribution in [0, 0.1) is 11.8 Å². The molecule has 110 valence electrons. The molecular weight excluding hydrogens is 258 g/mol. The maximum atomic E-state index is 12.0. The van der Waals surface area contributed by atoms with Gasteiger partial charge in [0.25, 0.3) is 0 Å². The van der Waals surface area contributed by atoms with Crippen LogP contribution in [0.4, 0.5) is 4.79 Å². The molecule has 1 aromatic rings. The van der Waals surface area contributed by atoms with E-state index in [9.17, 15) is 9.90 Å². The van der Waals surface area contributed by atoms with Crippen molar-refractivity contribution in [1.82, 2.24) is 4.90 Å². The first-order valence-corrected chi connectivity index (χ1v) is 6.92. The Labute approximate surface area is 118 Å². The highest BCUT2D eigenvalue weighted by atomic mass is 16.6. The van der Waals surface area contributed by atoms with E-state index in [4.69, 9.17) is 9.84 Å². The van der Waals surface area contributed by atoms with Crippen LogP contribution in [0.2, 0.25) is 0 Å². The fourth-order valence-electron chi connectivity index (χ4n) is 2.60. The molecule has 0 bridgehead atoms. The molecule has 1 fully saturated rings. The summed E-state index contributed by atoms with van der Waals surface area (Å²) in [6.07, 6.45) is 0.251. The highest BCUT2D eigenvalue weighted by Crippen LogP contribution is 2.26. The minimum atomic E-state index is -0.354. The van der Waals surface area contributed by atoms with Gasteiger partial charge in [0.05, 0.1) is 0 Å². The molecule has 1 aromatic carbocycles. The molecule has 2 N–H and O–H groups in total. The van der Waals surface area contributed by atoms with Crippen molar-refractivity contribution in [3.8, 4) is 0 Å². The monoisotopic (exact) mass is 279 g/mol. The van der Waals surface area contributed by atoms with E-state index < -0.39 is 0 Å². The van der Waals surface area contributed by atoms with E-state index in [-0.39, 0.29) is 37.7 Å². The summed E-state index contributed by atoms with van der Waals surface area (Å²) in [4.78, 5) is 13.6. The zero-order chi connectivity index (χ0) is 14.4. The number of likely N-dealkylation sites (tertiary alicyclic amines) is 1. The van der Waals surface area contributed by atoms with Gasteiger partial charge in [0.15, 0.2) is 0 Å². The molecule has 20 heavy (non-hydrogen) atoms. The Balaban J connectivity index is 1.84. The lowest BCUT2D eigenvalue weighted by molar-refractivity contribution is 0.101. The average molecular weight is 279 g/mol. The summed E-state index contributed by atoms with van der Waals surface area (Å²) in [5.74, 6) is 0.181. The molecule has 1 saturated heterocycles. The molecule has 0 radical (unpaired) electrons. The smallest absolute Gasteiger partial charge is 0.410 e. The van der Waals surface area contributed by atoms with E-state index in [1.54, 1.807) is 4.90 Å². The zero-order valence-electron chi connectivity index (χ0n) is 11.4. The molecule has 2 rings (SSSR count). The second-order valence-electron chi connectivity index (χ2n) is 5.16. The molecule has 2 atom stereocenters. The molecule has 1 aliphatic heterocycles. The lowest BCUT2D eigenvalue weighted by Crippen LogP contribution is -2.29. The Morgan fingerprint density at radius 1 is 1.20 bits per heavy atom. The SMILES string of the molecule is O=C(OCc1ccccc1)N1CC(CO)C(CCO)C1. The van der Waals surface area contributed by atoms with E-state index in [2.05, 4.69) is 0 Å². The number of nitrogens with zero attached hydrogens (tertiary/aromatic N) is 1. The highest BCUT2D eigenvalue weighted by Gasteiger charge is 2.35. The van der Waals surface area contributed by atoms with E-state index in [0.29, 0.717) is 19.5 Å². The van der Waals surface area contributed by atoms with Crippen LogP contribution in [0.15, 0.2) is 30.3 Å². The van der Waals surface area contributed by atoms with Crippen molar-refractivity contribution < 1.29 is 19.7 Å². The lowest BCUT2D eigenvalue weighted by atomic mass is 9.94. The Hall–Kier alpha value is -1.59. The number of amides is 1. The number of hydrogen-bond acceptors (Lipinski definition) is 4. The van der Waals surface area contributed by atoms with Crippen molar-refractivity contribution >= 4 is 6.09 Å². The van der Waals surface area contributed by atoms with Gasteiger partial charge in [0, 0.05) is 32.2 Å². The van der Waals surface area contributed by atoms with Crippen LogP contribution in [0.5, 0.6) is 0 Å². The minimum absolute atomic E-state index is 0.0337. The molecule has 2 unspecified atom stereocenters. The summed E-state index contributed by atoms with van der Waals surface area (Å²) in [6.45, 7) is 1.40. The van der Waals surface area contributed by atoms with Crippen molar-refractivity contribution in [3.63, 3.8) is 0 Å². The fraction of sp³-hybridized carbons (Fsp3) is 0.533. The van der Waals surface area contributed by atoms with Crippen LogP contribution < -0.4 is 0 Å². The van der Waals surface area contributed by atoms with Crippen molar-refractivity contribution in [3.05, 3.63) is 35.9 Å². The van der Waals surface area contributed by atoms with Crippen molar-refractivity contribution in [2.45, 2.75) is 13.0 Å². The minimum Gasteiger partial charge on any atom is -0.445 e. The topological polar surface area (TPSA) is 70.0 Å². The molecule has 1 aliphatic rings. The van der Waals surface area contributed by atoms with Crippen LogP contribution in [0.3, 0.4) is 0 Å².